The largest absolute Gasteiger partial charge is 0.416 e. The van der Waals surface area contributed by atoms with E-state index >= 15 is 0 Å². The summed E-state index contributed by atoms with van der Waals surface area (Å²) in [5.41, 5.74) is 3.21. The number of benzene rings is 5. The van der Waals surface area contributed by atoms with E-state index in [9.17, 15) is 73.1 Å². The summed E-state index contributed by atoms with van der Waals surface area (Å²) in [5.74, 6) is -7.74. The molecule has 9 fully saturated rings. The molecule has 6 aromatic rings. The van der Waals surface area contributed by atoms with Gasteiger partial charge in [0, 0.05) is 38.9 Å². The zero-order valence-corrected chi connectivity index (χ0v) is 88.1. The van der Waals surface area contributed by atoms with Crippen LogP contribution >= 0.6 is 97.8 Å². The molecule has 15 rings (SSSR count). The number of halogens is 10. The first kappa shape index (κ1) is 113. The van der Waals surface area contributed by atoms with Crippen molar-refractivity contribution < 1.29 is 82.5 Å². The fourth-order valence-corrected chi connectivity index (χ4v) is 23.5. The van der Waals surface area contributed by atoms with Gasteiger partial charge in [-0.25, -0.2) is 31.1 Å². The van der Waals surface area contributed by atoms with Crippen molar-refractivity contribution in [3.63, 3.8) is 0 Å². The van der Waals surface area contributed by atoms with Crippen molar-refractivity contribution in [1.29, 1.82) is 0 Å². The predicted octanol–water partition coefficient (Wildman–Crippen LogP) is 22.7. The second-order valence-corrected chi connectivity index (χ2v) is 47.8. The molecule has 0 bridgehead atoms. The molecule has 2 aliphatic carbocycles. The fourth-order valence-electron chi connectivity index (χ4n) is 15.6. The lowest BCUT2D eigenvalue weighted by molar-refractivity contribution is -0.138. The number of nitrogens with one attached hydrogen (secondary N) is 7. The molecule has 7 N–H and O–H groups in total. The van der Waals surface area contributed by atoms with Gasteiger partial charge in [-0.2, -0.15) is 13.2 Å². The minimum absolute atomic E-state index is 0.0361. The van der Waals surface area contributed by atoms with Gasteiger partial charge in [0.2, 0.25) is 35.4 Å². The number of amides is 8. The summed E-state index contributed by atoms with van der Waals surface area (Å²) in [7, 11) is 1.60. The Kier molecular flexibility index (Phi) is 40.0. The van der Waals surface area contributed by atoms with E-state index in [1.165, 1.54) is 115 Å². The smallest absolute Gasteiger partial charge is 0.371 e. The normalized spacial score (nSPS) is 27.6. The van der Waals surface area contributed by atoms with E-state index < -0.39 is 65.2 Å². The lowest BCUT2D eigenvalue weighted by atomic mass is 9.87. The van der Waals surface area contributed by atoms with Crippen LogP contribution in [0.5, 0.6) is 0 Å². The quantitative estimate of drug-likeness (QED) is 0.0311. The second kappa shape index (κ2) is 49.4. The van der Waals surface area contributed by atoms with Crippen molar-refractivity contribution in [3.05, 3.63) is 199 Å². The molecule has 23 nitrogen and oxygen atoms in total. The number of alkyl halides is 7. The Balaban J connectivity index is 0.000000173. The number of thioether (sulfide) groups is 6. The Morgan fingerprint density at radius 1 is 0.482 bits per heavy atom. The SMILES string of the molecule is CC(C)C1(C)SC(=N[C@H]2CCCC[C@@H]2OCc2ccccc2)NC1=O.CC(C)[C@]1(C)SC(=N[C@@H](C)c2ccc(Br)s2)NC1=O.CC1SC(=N[C@H]2CCCC[C@@H]2OCc2ccccc2)NC1=O.CNC(=O)N1CCC(CC2(C)SC(=N[C@@H](C)c3ccccc3C(F)(F)F)NC2=O)CC1.C[C@H](N=C1NC(=O)[C@@](C)(C(C)(F)F)S1)c1ccc(F)cc1.C[C@H](N=C1NC(=O)[C@](C)(C(C)(F)F)S1)c1ccc(F)cc1. The number of carbonyl (C=O) groups excluding carboxylic acids is 7. The van der Waals surface area contributed by atoms with Gasteiger partial charge in [0.15, 0.2) is 40.5 Å². The van der Waals surface area contributed by atoms with E-state index in [1.807, 2.05) is 77.1 Å². The number of amidine groups is 6. The Labute approximate surface area is 845 Å². The first-order valence-corrected chi connectivity index (χ1v) is 52.8. The first-order chi connectivity index (χ1) is 65.3. The highest BCUT2D eigenvalue weighted by molar-refractivity contribution is 9.11. The van der Waals surface area contributed by atoms with Crippen LogP contribution in [0.2, 0.25) is 0 Å². The average molecular weight is 2130 g/mol. The molecule has 0 spiro atoms. The zero-order valence-electron chi connectivity index (χ0n) is 80.8. The van der Waals surface area contributed by atoms with Crippen molar-refractivity contribution in [3.8, 4) is 0 Å². The van der Waals surface area contributed by atoms with Gasteiger partial charge in [0.25, 0.3) is 11.8 Å². The van der Waals surface area contributed by atoms with E-state index in [2.05, 4.69) is 131 Å². The van der Waals surface area contributed by atoms with Crippen molar-refractivity contribution >= 4 is 170 Å². The maximum atomic E-state index is 13.6. The molecule has 0 radical (unpaired) electrons. The van der Waals surface area contributed by atoms with Gasteiger partial charge in [-0.15, -0.1) is 11.3 Å². The highest BCUT2D eigenvalue weighted by Crippen LogP contribution is 2.49. The maximum absolute atomic E-state index is 13.6. The standard InChI is InChI=1S/C21H27F3N4O2S.C20H28N2O2S.C17H22N2O2S.2C14H15F3N2OS.C13H17BrN2OS2/c1-13(15-6-4-5-7-16(15)21(22,23)24)26-18-27-17(29)20(2,31-18)12-14-8-10-28(11-9-14)19(30)25-3;1-14(2)20(3)18(23)22-19(25-20)21-16-11-7-8-12-17(16)24-13-15-9-5-4-6-10-15;1-12-16(20)19-17(22-12)18-14-9-5-6-10-15(14)21-11-13-7-3-2-4-8-13;2*1-8(9-4-6-10(15)7-5-9)18-12-19-11(20)13(2,21-12)14(3,16)17;1-7(2)13(4)11(17)16-12(19-13)15-8(3)9-5-6-10(14)18-9/h4-7,13-14H,8-12H2,1-3H3,(H,25,30)(H,26,27,29);4-6,9-10,14,16-17H,7-8,11-13H2,1-3H3,(H,21,22,23);2-4,7-8,12,14-15H,5-6,9-11H2,1H3,(H,18,19,20);2*4-8H,1-3H3,(H,18,19,20);5-8H,1-4H3,(H,15,16,17)/t13-,20?;16-,17-,20?;12?,14-,15-;8-,13+;2*8-,13-/m000000/s1. The minimum Gasteiger partial charge on any atom is -0.371 e. The van der Waals surface area contributed by atoms with E-state index in [1.54, 1.807) is 97.9 Å². The molecule has 1 aromatic heterocycles. The Morgan fingerprint density at radius 2 is 0.885 bits per heavy atom. The van der Waals surface area contributed by atoms with Crippen LogP contribution in [0.1, 0.15) is 244 Å². The fraction of sp³-hybridized carbons (Fsp3) is 0.525. The van der Waals surface area contributed by atoms with Crippen molar-refractivity contribution in [1.82, 2.24) is 42.1 Å². The highest BCUT2D eigenvalue weighted by atomic mass is 79.9. The van der Waals surface area contributed by atoms with Gasteiger partial charge in [-0.1, -0.05) is 227 Å². The van der Waals surface area contributed by atoms with Crippen LogP contribution in [-0.2, 0) is 57.6 Å². The Bertz CT molecular complexity index is 5340. The number of likely N-dealkylation sites (tertiary alicyclic amines) is 1. The number of thiophene rings is 1. The van der Waals surface area contributed by atoms with Crippen LogP contribution in [0.4, 0.5) is 44.3 Å². The average Bonchev–Trinajstić information content (AvgIpc) is 1.62. The third-order valence-corrected chi connectivity index (χ3v) is 35.3. The third kappa shape index (κ3) is 30.5. The van der Waals surface area contributed by atoms with Crippen LogP contribution in [0, 0.1) is 29.4 Å². The topological polar surface area (TPSA) is 300 Å². The summed E-state index contributed by atoms with van der Waals surface area (Å²) in [5, 5.41) is 21.8. The number of rotatable bonds is 22. The molecule has 40 heteroatoms. The molecule has 756 valence electrons. The molecule has 139 heavy (non-hydrogen) atoms. The summed E-state index contributed by atoms with van der Waals surface area (Å²) in [6, 6.07) is 40.2. The van der Waals surface area contributed by atoms with Gasteiger partial charge in [-0.05, 0) is 218 Å². The number of hydrogen-bond acceptors (Lipinski definition) is 22. The molecular formula is C99H124BrF9N14O9S7. The van der Waals surface area contributed by atoms with E-state index in [0.29, 0.717) is 51.7 Å². The maximum Gasteiger partial charge on any atom is 0.416 e. The number of aliphatic imine (C=N–C) groups is 6. The molecular weight excluding hydrogens is 2000 g/mol. The van der Waals surface area contributed by atoms with Gasteiger partial charge in [-0.3, -0.25) is 58.7 Å². The highest BCUT2D eigenvalue weighted by Gasteiger charge is 2.59. The van der Waals surface area contributed by atoms with Crippen molar-refractivity contribution in [2.24, 2.45) is 47.7 Å². The number of nitrogens with zero attached hydrogens (tertiary/aromatic N) is 7. The third-order valence-electron chi connectivity index (χ3n) is 25.6. The van der Waals surface area contributed by atoms with Crippen LogP contribution in [0.15, 0.2) is 179 Å². The molecule has 8 heterocycles. The first-order valence-electron chi connectivity index (χ1n) is 46.3. The molecule has 9 aliphatic rings. The zero-order chi connectivity index (χ0) is 102. The number of ether oxygens (including phenoxy) is 2. The van der Waals surface area contributed by atoms with Crippen molar-refractivity contribution in [2.45, 2.75) is 290 Å². The number of hydrogen-bond donors (Lipinski definition) is 7. The number of urea groups is 1. The van der Waals surface area contributed by atoms with Crippen molar-refractivity contribution in [2.75, 3.05) is 20.1 Å². The van der Waals surface area contributed by atoms with E-state index in [-0.39, 0.29) is 123 Å². The summed E-state index contributed by atoms with van der Waals surface area (Å²) in [6.45, 7) is 29.5. The summed E-state index contributed by atoms with van der Waals surface area (Å²) in [4.78, 5) is 114. The minimum atomic E-state index is -4.46. The van der Waals surface area contributed by atoms with Crippen LogP contribution < -0.4 is 37.2 Å². The Morgan fingerprint density at radius 3 is 1.30 bits per heavy atom. The van der Waals surface area contributed by atoms with Crippen LogP contribution in [0.25, 0.3) is 0 Å². The van der Waals surface area contributed by atoms with Gasteiger partial charge >= 0.3 is 12.2 Å². The molecule has 14 atom stereocenters. The molecule has 2 saturated carbocycles. The van der Waals surface area contributed by atoms with Crippen LogP contribution in [-0.4, -0.2) is 163 Å². The lowest BCUT2D eigenvalue weighted by Crippen LogP contribution is -2.47. The molecule has 3 unspecified atom stereocenters. The van der Waals surface area contributed by atoms with Gasteiger partial charge in [0.1, 0.15) is 21.1 Å². The van der Waals surface area contributed by atoms with Gasteiger partial charge < -0.3 is 51.6 Å². The Hall–Kier alpha value is -8.22. The van der Waals surface area contributed by atoms with Crippen LogP contribution in [0.3, 0.4) is 0 Å². The monoisotopic (exact) mass is 2130 g/mol. The van der Waals surface area contributed by atoms with E-state index in [0.717, 1.165) is 98.5 Å². The van der Waals surface area contributed by atoms with E-state index in [4.69, 9.17) is 19.5 Å². The summed E-state index contributed by atoms with van der Waals surface area (Å²) < 4.78 is 128. The lowest BCUT2D eigenvalue weighted by Gasteiger charge is -2.34. The molecule has 8 amide bonds. The number of piperidine rings is 1. The molecule has 7 aliphatic heterocycles. The molecule has 7 saturated heterocycles. The second-order valence-electron chi connectivity index (χ2n) is 36.8. The summed E-state index contributed by atoms with van der Waals surface area (Å²) >= 11 is 12.5. The molecule has 5 aromatic carbocycles. The van der Waals surface area contributed by atoms with Gasteiger partial charge in [0.05, 0.1) is 81.0 Å². The predicted molar refractivity (Wildman–Crippen MR) is 549 cm³/mol. The summed E-state index contributed by atoms with van der Waals surface area (Å²) in [6.07, 6.45) is 6.92. The number of carbonyl (C=O) groups is 7.